The van der Waals surface area contributed by atoms with Crippen molar-refractivity contribution in [1.82, 2.24) is 9.62 Å². The summed E-state index contributed by atoms with van der Waals surface area (Å²) >= 11 is 0. The van der Waals surface area contributed by atoms with Crippen LogP contribution in [0, 0.1) is 0 Å². The molecule has 2 aromatic rings. The molecule has 174 valence electrons. The van der Waals surface area contributed by atoms with Crippen molar-refractivity contribution in [1.29, 1.82) is 0 Å². The van der Waals surface area contributed by atoms with Crippen LogP contribution in [0.25, 0.3) is 0 Å². The third kappa shape index (κ3) is 6.46. The van der Waals surface area contributed by atoms with Gasteiger partial charge >= 0.3 is 0 Å². The van der Waals surface area contributed by atoms with E-state index in [1.807, 2.05) is 25.1 Å². The van der Waals surface area contributed by atoms with E-state index in [4.69, 9.17) is 9.47 Å². The number of nitrogens with one attached hydrogen (secondary N) is 1. The van der Waals surface area contributed by atoms with Gasteiger partial charge in [0.05, 0.1) is 19.5 Å². The maximum absolute atomic E-state index is 12.4. The fourth-order valence-corrected chi connectivity index (χ4v) is 5.37. The Kier molecular flexibility index (Phi) is 8.53. The lowest BCUT2D eigenvalue weighted by atomic mass is 10.1. The fourth-order valence-electron chi connectivity index (χ4n) is 3.76. The number of carbonyl (C=O) groups is 1. The van der Waals surface area contributed by atoms with Crippen molar-refractivity contribution in [2.45, 2.75) is 38.4 Å². The first-order chi connectivity index (χ1) is 15.4. The van der Waals surface area contributed by atoms with Crippen molar-refractivity contribution in [2.75, 3.05) is 33.4 Å². The summed E-state index contributed by atoms with van der Waals surface area (Å²) < 4.78 is 37.3. The number of hydrogen-bond donors (Lipinski definition) is 1. The number of amides is 1. The SMILES string of the molecule is CCOc1ccc(CCCNC(=O)c2ccc(CS(=O)(=O)N3CCCC3)cc2)cc1OC. The van der Waals surface area contributed by atoms with Crippen LogP contribution in [0.4, 0.5) is 0 Å². The minimum Gasteiger partial charge on any atom is -0.493 e. The topological polar surface area (TPSA) is 84.9 Å². The highest BCUT2D eigenvalue weighted by molar-refractivity contribution is 7.88. The van der Waals surface area contributed by atoms with Crippen LogP contribution in [0.15, 0.2) is 42.5 Å². The second kappa shape index (κ2) is 11.3. The molecular weight excluding hydrogens is 428 g/mol. The Labute approximate surface area is 190 Å². The van der Waals surface area contributed by atoms with Crippen molar-refractivity contribution < 1.29 is 22.7 Å². The smallest absolute Gasteiger partial charge is 0.251 e. The Balaban J connectivity index is 1.46. The number of rotatable bonds is 11. The fraction of sp³-hybridized carbons (Fsp3) is 0.458. The van der Waals surface area contributed by atoms with Gasteiger partial charge in [0.2, 0.25) is 10.0 Å². The molecule has 1 heterocycles. The zero-order valence-electron chi connectivity index (χ0n) is 18.8. The summed E-state index contributed by atoms with van der Waals surface area (Å²) in [5.74, 6) is 1.24. The van der Waals surface area contributed by atoms with E-state index in [-0.39, 0.29) is 11.7 Å². The van der Waals surface area contributed by atoms with Crippen LogP contribution in [0.1, 0.15) is 47.7 Å². The molecule has 1 fully saturated rings. The Bertz CT molecular complexity index is 1000. The molecule has 0 unspecified atom stereocenters. The normalized spacial score (nSPS) is 14.3. The summed E-state index contributed by atoms with van der Waals surface area (Å²) in [6.45, 7) is 4.26. The maximum Gasteiger partial charge on any atom is 0.251 e. The first-order valence-electron chi connectivity index (χ1n) is 11.1. The standard InChI is InChI=1S/C24H32N2O5S/c1-3-31-22-13-10-19(17-23(22)30-2)7-6-14-25-24(27)21-11-8-20(9-12-21)18-32(28,29)26-15-4-5-16-26/h8-13,17H,3-7,14-16,18H2,1-2H3,(H,25,27). The van der Waals surface area contributed by atoms with Gasteiger partial charge in [-0.15, -0.1) is 0 Å². The molecule has 32 heavy (non-hydrogen) atoms. The maximum atomic E-state index is 12.4. The van der Waals surface area contributed by atoms with Gasteiger partial charge in [0, 0.05) is 25.2 Å². The first kappa shape index (κ1) is 24.1. The van der Waals surface area contributed by atoms with E-state index in [1.54, 1.807) is 35.7 Å². The third-order valence-electron chi connectivity index (χ3n) is 5.48. The van der Waals surface area contributed by atoms with Crippen LogP contribution >= 0.6 is 0 Å². The molecule has 2 aromatic carbocycles. The highest BCUT2D eigenvalue weighted by atomic mass is 32.2. The first-order valence-corrected chi connectivity index (χ1v) is 12.7. The van der Waals surface area contributed by atoms with Crippen LogP contribution in [0.3, 0.4) is 0 Å². The summed E-state index contributed by atoms with van der Waals surface area (Å²) in [5.41, 5.74) is 2.33. The molecule has 1 saturated heterocycles. The molecule has 1 N–H and O–H groups in total. The number of sulfonamides is 1. The highest BCUT2D eigenvalue weighted by Crippen LogP contribution is 2.28. The van der Waals surface area contributed by atoms with Gasteiger partial charge < -0.3 is 14.8 Å². The molecule has 0 bridgehead atoms. The third-order valence-corrected chi connectivity index (χ3v) is 7.33. The molecular formula is C24H32N2O5S. The summed E-state index contributed by atoms with van der Waals surface area (Å²) in [7, 11) is -1.67. The summed E-state index contributed by atoms with van der Waals surface area (Å²) in [4.78, 5) is 12.4. The van der Waals surface area contributed by atoms with E-state index in [0.29, 0.717) is 43.1 Å². The number of hydrogen-bond acceptors (Lipinski definition) is 5. The lowest BCUT2D eigenvalue weighted by molar-refractivity contribution is 0.0953. The summed E-state index contributed by atoms with van der Waals surface area (Å²) in [5, 5.41) is 2.92. The quantitative estimate of drug-likeness (QED) is 0.520. The van der Waals surface area contributed by atoms with Crippen LogP contribution in [0.2, 0.25) is 0 Å². The van der Waals surface area contributed by atoms with Crippen LogP contribution in [0.5, 0.6) is 11.5 Å². The monoisotopic (exact) mass is 460 g/mol. The predicted octanol–water partition coefficient (Wildman–Crippen LogP) is 3.38. The largest absolute Gasteiger partial charge is 0.493 e. The van der Waals surface area contributed by atoms with Crippen molar-refractivity contribution in [3.8, 4) is 11.5 Å². The van der Waals surface area contributed by atoms with E-state index in [2.05, 4.69) is 5.32 Å². The summed E-state index contributed by atoms with van der Waals surface area (Å²) in [6, 6.07) is 12.7. The second-order valence-electron chi connectivity index (χ2n) is 7.84. The lowest BCUT2D eigenvalue weighted by Gasteiger charge is -2.15. The Morgan fingerprint density at radius 1 is 1.03 bits per heavy atom. The summed E-state index contributed by atoms with van der Waals surface area (Å²) in [6.07, 6.45) is 3.43. The Morgan fingerprint density at radius 3 is 2.38 bits per heavy atom. The van der Waals surface area contributed by atoms with E-state index in [0.717, 1.165) is 37.0 Å². The van der Waals surface area contributed by atoms with Gasteiger partial charge in [-0.05, 0) is 68.0 Å². The van der Waals surface area contributed by atoms with E-state index >= 15 is 0 Å². The van der Waals surface area contributed by atoms with Crippen LogP contribution in [-0.4, -0.2) is 52.0 Å². The van der Waals surface area contributed by atoms with Crippen molar-refractivity contribution in [3.63, 3.8) is 0 Å². The number of aryl methyl sites for hydroxylation is 1. The molecule has 7 nitrogen and oxygen atoms in total. The van der Waals surface area contributed by atoms with Gasteiger partial charge in [0.25, 0.3) is 5.91 Å². The van der Waals surface area contributed by atoms with Crippen LogP contribution in [-0.2, 0) is 22.2 Å². The number of ether oxygens (including phenoxy) is 2. The molecule has 8 heteroatoms. The van der Waals surface area contributed by atoms with Crippen molar-refractivity contribution in [2.24, 2.45) is 0 Å². The lowest BCUT2D eigenvalue weighted by Crippen LogP contribution is -2.29. The molecule has 1 aliphatic heterocycles. The average molecular weight is 461 g/mol. The van der Waals surface area contributed by atoms with Gasteiger partial charge in [-0.2, -0.15) is 0 Å². The molecule has 0 radical (unpaired) electrons. The molecule has 3 rings (SSSR count). The van der Waals surface area contributed by atoms with Gasteiger partial charge in [-0.25, -0.2) is 12.7 Å². The molecule has 0 saturated carbocycles. The molecule has 0 spiro atoms. The van der Waals surface area contributed by atoms with E-state index in [1.165, 1.54) is 0 Å². The number of methoxy groups -OCH3 is 1. The highest BCUT2D eigenvalue weighted by Gasteiger charge is 2.25. The minimum absolute atomic E-state index is 0.0273. The zero-order valence-corrected chi connectivity index (χ0v) is 19.6. The van der Waals surface area contributed by atoms with Gasteiger partial charge in [0.15, 0.2) is 11.5 Å². The number of nitrogens with zero attached hydrogens (tertiary/aromatic N) is 1. The molecule has 1 aliphatic rings. The molecule has 0 atom stereocenters. The van der Waals surface area contributed by atoms with E-state index in [9.17, 15) is 13.2 Å². The van der Waals surface area contributed by atoms with Crippen molar-refractivity contribution in [3.05, 3.63) is 59.2 Å². The van der Waals surface area contributed by atoms with Crippen LogP contribution < -0.4 is 14.8 Å². The number of carbonyl (C=O) groups excluding carboxylic acids is 1. The molecule has 1 amide bonds. The Hall–Kier alpha value is -2.58. The molecule has 0 aromatic heterocycles. The molecule has 0 aliphatic carbocycles. The van der Waals surface area contributed by atoms with Gasteiger partial charge in [0.1, 0.15) is 0 Å². The minimum atomic E-state index is -3.29. The zero-order chi connectivity index (χ0) is 23.0. The predicted molar refractivity (Wildman–Crippen MR) is 125 cm³/mol. The van der Waals surface area contributed by atoms with E-state index < -0.39 is 10.0 Å². The van der Waals surface area contributed by atoms with Crippen molar-refractivity contribution >= 4 is 15.9 Å². The second-order valence-corrected chi connectivity index (χ2v) is 9.81. The van der Waals surface area contributed by atoms with Gasteiger partial charge in [-0.1, -0.05) is 18.2 Å². The Morgan fingerprint density at radius 2 is 1.72 bits per heavy atom. The average Bonchev–Trinajstić information content (AvgIpc) is 3.34. The number of benzene rings is 2. The van der Waals surface area contributed by atoms with Gasteiger partial charge in [-0.3, -0.25) is 4.79 Å².